The van der Waals surface area contributed by atoms with E-state index < -0.39 is 0 Å². The molecule has 5 nitrogen and oxygen atoms in total. The lowest BCUT2D eigenvalue weighted by Gasteiger charge is -2.17. The van der Waals surface area contributed by atoms with Gasteiger partial charge in [0.1, 0.15) is 10.4 Å². The van der Waals surface area contributed by atoms with Crippen molar-refractivity contribution in [1.82, 2.24) is 14.2 Å². The molecule has 0 aromatic carbocycles. The minimum atomic E-state index is -0.116. The molecule has 1 aliphatic carbocycles. The zero-order chi connectivity index (χ0) is 13.8. The summed E-state index contributed by atoms with van der Waals surface area (Å²) in [5, 5.41) is 3.72. The van der Waals surface area contributed by atoms with Gasteiger partial charge >= 0.3 is 0 Å². The fourth-order valence-corrected chi connectivity index (χ4v) is 2.94. The molecule has 0 aliphatic heterocycles. The van der Waals surface area contributed by atoms with Gasteiger partial charge in [-0.2, -0.15) is 0 Å². The molecular formula is C14H16N4OS. The van der Waals surface area contributed by atoms with Crippen LogP contribution in [0.4, 0.5) is 0 Å². The van der Waals surface area contributed by atoms with E-state index in [1.54, 1.807) is 10.8 Å². The Balaban J connectivity index is 1.95. The molecule has 20 heavy (non-hydrogen) atoms. The Morgan fingerprint density at radius 3 is 2.90 bits per heavy atom. The maximum atomic E-state index is 12.4. The fourth-order valence-electron chi connectivity index (χ4n) is 2.49. The molecule has 1 fully saturated rings. The Bertz CT molecular complexity index is 641. The van der Waals surface area contributed by atoms with Crippen LogP contribution in [-0.4, -0.2) is 26.1 Å². The maximum Gasteiger partial charge on any atom is 0.276 e. The zero-order valence-corrected chi connectivity index (χ0v) is 11.9. The van der Waals surface area contributed by atoms with Crippen molar-refractivity contribution in [3.05, 3.63) is 41.0 Å². The first-order valence-corrected chi connectivity index (χ1v) is 7.65. The second-order valence-electron chi connectivity index (χ2n) is 4.94. The van der Waals surface area contributed by atoms with Crippen LogP contribution in [0.1, 0.15) is 41.8 Å². The van der Waals surface area contributed by atoms with Crippen LogP contribution in [0, 0.1) is 0 Å². The summed E-state index contributed by atoms with van der Waals surface area (Å²) in [4.78, 5) is 17.7. The predicted octanol–water partition coefficient (Wildman–Crippen LogP) is 2.26. The van der Waals surface area contributed by atoms with Crippen LogP contribution in [0.25, 0.3) is 0 Å². The average molecular weight is 288 g/mol. The molecule has 0 radical (unpaired) electrons. The van der Waals surface area contributed by atoms with Gasteiger partial charge in [-0.25, -0.2) is 0 Å². The highest BCUT2D eigenvalue weighted by atomic mass is 32.1. The summed E-state index contributed by atoms with van der Waals surface area (Å²) in [5.74, 6) is -0.116. The van der Waals surface area contributed by atoms with Gasteiger partial charge < -0.3 is 0 Å². The first kappa shape index (κ1) is 13.2. The molecule has 0 atom stereocenters. The van der Waals surface area contributed by atoms with Gasteiger partial charge in [-0.1, -0.05) is 29.8 Å². The molecule has 0 spiro atoms. The Labute approximate surface area is 121 Å². The van der Waals surface area contributed by atoms with E-state index in [0.29, 0.717) is 10.9 Å². The third-order valence-corrected chi connectivity index (χ3v) is 4.17. The molecular weight excluding hydrogens is 272 g/mol. The van der Waals surface area contributed by atoms with Crippen molar-refractivity contribution in [2.75, 3.05) is 0 Å². The molecule has 2 aromatic heterocycles. The highest BCUT2D eigenvalue weighted by molar-refractivity contribution is 7.07. The molecule has 3 rings (SSSR count). The van der Waals surface area contributed by atoms with E-state index in [4.69, 9.17) is 4.99 Å². The second kappa shape index (κ2) is 6.09. The molecule has 1 saturated carbocycles. The van der Waals surface area contributed by atoms with Crippen LogP contribution in [-0.2, 0) is 0 Å². The van der Waals surface area contributed by atoms with Crippen LogP contribution in [0.5, 0.6) is 0 Å². The summed E-state index contributed by atoms with van der Waals surface area (Å²) in [6.07, 6.45) is 9.24. The molecule has 1 aliphatic rings. The van der Waals surface area contributed by atoms with Crippen LogP contribution in [0.2, 0.25) is 0 Å². The van der Waals surface area contributed by atoms with Crippen LogP contribution >= 0.6 is 11.5 Å². The smallest absolute Gasteiger partial charge is 0.267 e. The summed E-state index contributed by atoms with van der Waals surface area (Å²) in [5.41, 5.74) is 0.720. The number of aromatic nitrogens is 3. The minimum absolute atomic E-state index is 0.116. The summed E-state index contributed by atoms with van der Waals surface area (Å²) in [6, 6.07) is 5.98. The summed E-state index contributed by atoms with van der Waals surface area (Å²) in [7, 11) is 0. The number of hydrogen-bond acceptors (Lipinski definition) is 5. The largest absolute Gasteiger partial charge is 0.276 e. The molecule has 2 aromatic rings. The van der Waals surface area contributed by atoms with Gasteiger partial charge in [0.05, 0.1) is 12.2 Å². The van der Waals surface area contributed by atoms with E-state index >= 15 is 0 Å². The monoisotopic (exact) mass is 288 g/mol. The molecule has 104 valence electrons. The van der Waals surface area contributed by atoms with Crippen LogP contribution < -0.4 is 5.49 Å². The lowest BCUT2D eigenvalue weighted by atomic mass is 9.96. The van der Waals surface area contributed by atoms with Gasteiger partial charge in [0.25, 0.3) is 5.91 Å². The molecule has 6 heteroatoms. The highest BCUT2D eigenvalue weighted by Crippen LogP contribution is 2.19. The molecule has 0 N–H and O–H groups in total. The molecule has 0 unspecified atom stereocenters. The van der Waals surface area contributed by atoms with Crippen molar-refractivity contribution in [3.8, 4) is 0 Å². The lowest BCUT2D eigenvalue weighted by Crippen LogP contribution is -2.28. The Kier molecular flexibility index (Phi) is 4.01. The van der Waals surface area contributed by atoms with Gasteiger partial charge in [0, 0.05) is 6.20 Å². The maximum absolute atomic E-state index is 12.4. The summed E-state index contributed by atoms with van der Waals surface area (Å²) >= 11 is 1.11. The number of nitrogens with zero attached hydrogens (tertiary/aromatic N) is 4. The number of hydrogen-bond donors (Lipinski definition) is 0. The topological polar surface area (TPSA) is 60.1 Å². The lowest BCUT2D eigenvalue weighted by molar-refractivity contribution is 0.0958. The van der Waals surface area contributed by atoms with Crippen molar-refractivity contribution in [2.24, 2.45) is 4.99 Å². The first-order valence-electron chi connectivity index (χ1n) is 6.88. The Morgan fingerprint density at radius 2 is 2.15 bits per heavy atom. The Morgan fingerprint density at radius 1 is 1.30 bits per heavy atom. The van der Waals surface area contributed by atoms with Crippen molar-refractivity contribution < 1.29 is 4.79 Å². The van der Waals surface area contributed by atoms with E-state index in [0.717, 1.165) is 29.9 Å². The van der Waals surface area contributed by atoms with Gasteiger partial charge in [-0.3, -0.25) is 14.4 Å². The molecule has 0 bridgehead atoms. The SMILES string of the molecule is O=C(c1cnns1)n1ccccc1=NC1CCCCC1. The zero-order valence-electron chi connectivity index (χ0n) is 11.1. The van der Waals surface area contributed by atoms with Gasteiger partial charge in [-0.15, -0.1) is 5.10 Å². The second-order valence-corrected chi connectivity index (χ2v) is 5.72. The normalized spacial score (nSPS) is 17.3. The molecule has 0 saturated heterocycles. The van der Waals surface area contributed by atoms with Gasteiger partial charge in [0.15, 0.2) is 0 Å². The van der Waals surface area contributed by atoms with Crippen LogP contribution in [0.3, 0.4) is 0 Å². The first-order chi connectivity index (χ1) is 9.84. The minimum Gasteiger partial charge on any atom is -0.267 e. The Hall–Kier alpha value is -1.82. The fraction of sp³-hybridized carbons (Fsp3) is 0.429. The number of carbonyl (C=O) groups is 1. The van der Waals surface area contributed by atoms with E-state index in [2.05, 4.69) is 9.59 Å². The van der Waals surface area contributed by atoms with Crippen molar-refractivity contribution in [1.29, 1.82) is 0 Å². The van der Waals surface area contributed by atoms with Crippen molar-refractivity contribution >= 4 is 17.4 Å². The quantitative estimate of drug-likeness (QED) is 0.851. The van der Waals surface area contributed by atoms with E-state index in [1.165, 1.54) is 25.5 Å². The van der Waals surface area contributed by atoms with Gasteiger partial charge in [0.2, 0.25) is 0 Å². The van der Waals surface area contributed by atoms with E-state index in [1.807, 2.05) is 18.2 Å². The van der Waals surface area contributed by atoms with E-state index in [-0.39, 0.29) is 5.91 Å². The third-order valence-electron chi connectivity index (χ3n) is 3.52. The van der Waals surface area contributed by atoms with Gasteiger partial charge in [-0.05, 0) is 36.5 Å². The molecule has 0 amide bonds. The van der Waals surface area contributed by atoms with Crippen molar-refractivity contribution in [2.45, 2.75) is 38.1 Å². The number of rotatable bonds is 2. The molecule has 2 heterocycles. The standard InChI is InChI=1S/C14H16N4OS/c19-14(12-10-15-17-20-12)18-9-5-4-8-13(18)16-11-6-2-1-3-7-11/h4-5,8-11H,1-3,6-7H2. The van der Waals surface area contributed by atoms with Crippen LogP contribution in [0.15, 0.2) is 35.6 Å². The summed E-state index contributed by atoms with van der Waals surface area (Å²) < 4.78 is 5.33. The third kappa shape index (κ3) is 2.85. The number of carbonyl (C=O) groups excluding carboxylic acids is 1. The van der Waals surface area contributed by atoms with Crippen molar-refractivity contribution in [3.63, 3.8) is 0 Å². The summed E-state index contributed by atoms with van der Waals surface area (Å²) in [6.45, 7) is 0. The number of pyridine rings is 1. The highest BCUT2D eigenvalue weighted by Gasteiger charge is 2.14. The van der Waals surface area contributed by atoms with E-state index in [9.17, 15) is 4.79 Å². The average Bonchev–Trinajstić information content (AvgIpc) is 3.02. The predicted molar refractivity (Wildman–Crippen MR) is 76.5 cm³/mol.